The van der Waals surface area contributed by atoms with E-state index in [1.165, 1.54) is 0 Å². The van der Waals surface area contributed by atoms with Crippen molar-refractivity contribution in [3.8, 4) is 0 Å². The molecule has 1 aromatic rings. The summed E-state index contributed by atoms with van der Waals surface area (Å²) in [6, 6.07) is 3.41. The summed E-state index contributed by atoms with van der Waals surface area (Å²) < 4.78 is 5.86. The Morgan fingerprint density at radius 2 is 2.38 bits per heavy atom. The van der Waals surface area contributed by atoms with Gasteiger partial charge >= 0.3 is 0 Å². The second-order valence-corrected chi connectivity index (χ2v) is 4.10. The van der Waals surface area contributed by atoms with Crippen molar-refractivity contribution in [3.05, 3.63) is 28.5 Å². The SMILES string of the molecule is CCOCCN(C)C(=O)c1ccnc(Br)c1. The van der Waals surface area contributed by atoms with Crippen molar-refractivity contribution in [1.29, 1.82) is 0 Å². The van der Waals surface area contributed by atoms with E-state index in [1.807, 2.05) is 6.92 Å². The average Bonchev–Trinajstić information content (AvgIpc) is 2.28. The predicted octanol–water partition coefficient (Wildman–Crippen LogP) is 1.95. The van der Waals surface area contributed by atoms with E-state index in [2.05, 4.69) is 20.9 Å². The lowest BCUT2D eigenvalue weighted by molar-refractivity contribution is 0.0710. The van der Waals surface area contributed by atoms with E-state index in [4.69, 9.17) is 4.74 Å². The number of rotatable bonds is 5. The lowest BCUT2D eigenvalue weighted by Crippen LogP contribution is -2.30. The second kappa shape index (κ2) is 6.60. The molecule has 16 heavy (non-hydrogen) atoms. The Morgan fingerprint density at radius 1 is 1.62 bits per heavy atom. The maximum atomic E-state index is 11.9. The van der Waals surface area contributed by atoms with Crippen molar-refractivity contribution in [1.82, 2.24) is 9.88 Å². The first kappa shape index (κ1) is 13.1. The summed E-state index contributed by atoms with van der Waals surface area (Å²) in [7, 11) is 1.76. The molecule has 88 valence electrons. The van der Waals surface area contributed by atoms with Crippen molar-refractivity contribution >= 4 is 21.8 Å². The molecule has 0 atom stereocenters. The van der Waals surface area contributed by atoms with Gasteiger partial charge in [-0.15, -0.1) is 0 Å². The first-order valence-corrected chi connectivity index (χ1v) is 5.89. The fourth-order valence-corrected chi connectivity index (χ4v) is 1.57. The van der Waals surface area contributed by atoms with Crippen molar-refractivity contribution in [3.63, 3.8) is 0 Å². The van der Waals surface area contributed by atoms with E-state index in [1.54, 1.807) is 30.3 Å². The molecule has 0 N–H and O–H groups in total. The number of halogens is 1. The van der Waals surface area contributed by atoms with Crippen molar-refractivity contribution < 1.29 is 9.53 Å². The number of ether oxygens (including phenoxy) is 1. The second-order valence-electron chi connectivity index (χ2n) is 3.29. The number of hydrogen-bond acceptors (Lipinski definition) is 3. The molecular formula is C11H15BrN2O2. The van der Waals surface area contributed by atoms with Crippen LogP contribution in [0.1, 0.15) is 17.3 Å². The molecule has 0 aliphatic rings. The molecule has 0 aliphatic heterocycles. The summed E-state index contributed by atoms with van der Waals surface area (Å²) in [5, 5.41) is 0. The minimum Gasteiger partial charge on any atom is -0.380 e. The summed E-state index contributed by atoms with van der Waals surface area (Å²) in [6.07, 6.45) is 1.60. The van der Waals surface area contributed by atoms with E-state index in [0.717, 1.165) is 0 Å². The molecule has 0 bridgehead atoms. The molecule has 0 aliphatic carbocycles. The number of hydrogen-bond donors (Lipinski definition) is 0. The summed E-state index contributed by atoms with van der Waals surface area (Å²) in [6.45, 7) is 3.75. The molecule has 0 fully saturated rings. The number of carbonyl (C=O) groups is 1. The van der Waals surface area contributed by atoms with Crippen LogP contribution >= 0.6 is 15.9 Å². The molecule has 0 radical (unpaired) electrons. The van der Waals surface area contributed by atoms with Gasteiger partial charge in [-0.1, -0.05) is 0 Å². The molecule has 1 heterocycles. The van der Waals surface area contributed by atoms with Gasteiger partial charge in [-0.25, -0.2) is 4.98 Å². The molecular weight excluding hydrogens is 272 g/mol. The first-order chi connectivity index (χ1) is 7.65. The Bertz CT molecular complexity index is 358. The van der Waals surface area contributed by atoms with Crippen LogP contribution in [0.15, 0.2) is 22.9 Å². The Morgan fingerprint density at radius 3 is 3.00 bits per heavy atom. The van der Waals surface area contributed by atoms with E-state index < -0.39 is 0 Å². The largest absolute Gasteiger partial charge is 0.380 e. The number of carbonyl (C=O) groups excluding carboxylic acids is 1. The third-order valence-corrected chi connectivity index (χ3v) is 2.53. The third-order valence-electron chi connectivity index (χ3n) is 2.10. The maximum absolute atomic E-state index is 11.9. The van der Waals surface area contributed by atoms with Gasteiger partial charge in [-0.3, -0.25) is 4.79 Å². The van der Waals surface area contributed by atoms with Crippen LogP contribution in [-0.2, 0) is 4.74 Å². The van der Waals surface area contributed by atoms with Crippen molar-refractivity contribution in [2.45, 2.75) is 6.92 Å². The molecule has 0 saturated carbocycles. The molecule has 1 aromatic heterocycles. The molecule has 5 heteroatoms. The lowest BCUT2D eigenvalue weighted by Gasteiger charge is -2.16. The minimum absolute atomic E-state index is 0.0252. The highest BCUT2D eigenvalue weighted by Crippen LogP contribution is 2.09. The van der Waals surface area contributed by atoms with E-state index in [0.29, 0.717) is 29.9 Å². The zero-order valence-corrected chi connectivity index (χ0v) is 11.0. The summed E-state index contributed by atoms with van der Waals surface area (Å²) in [4.78, 5) is 17.5. The Labute approximate surface area is 104 Å². The Balaban J connectivity index is 2.56. The average molecular weight is 287 g/mol. The molecule has 0 aromatic carbocycles. The molecule has 0 unspecified atom stereocenters. The van der Waals surface area contributed by atoms with Gasteiger partial charge in [0.1, 0.15) is 4.60 Å². The molecule has 0 saturated heterocycles. The van der Waals surface area contributed by atoms with Crippen molar-refractivity contribution in [2.24, 2.45) is 0 Å². The van der Waals surface area contributed by atoms with Crippen LogP contribution < -0.4 is 0 Å². The van der Waals surface area contributed by atoms with Crippen LogP contribution in [0.3, 0.4) is 0 Å². The van der Waals surface area contributed by atoms with Gasteiger partial charge in [0.25, 0.3) is 5.91 Å². The molecule has 0 spiro atoms. The van der Waals surface area contributed by atoms with Gasteiger partial charge in [0, 0.05) is 32.0 Å². The Kier molecular flexibility index (Phi) is 5.42. The highest BCUT2D eigenvalue weighted by molar-refractivity contribution is 9.10. The molecule has 1 rings (SSSR count). The lowest BCUT2D eigenvalue weighted by atomic mass is 10.2. The number of aromatic nitrogens is 1. The molecule has 4 nitrogen and oxygen atoms in total. The summed E-state index contributed by atoms with van der Waals surface area (Å²) in [5.74, 6) is -0.0252. The van der Waals surface area contributed by atoms with Gasteiger partial charge in [-0.2, -0.15) is 0 Å². The molecule has 1 amide bonds. The highest BCUT2D eigenvalue weighted by Gasteiger charge is 2.11. The monoisotopic (exact) mass is 286 g/mol. The van der Waals surface area contributed by atoms with Gasteiger partial charge in [-0.05, 0) is 35.0 Å². The zero-order chi connectivity index (χ0) is 12.0. The number of likely N-dealkylation sites (N-methyl/N-ethyl adjacent to an activating group) is 1. The van der Waals surface area contributed by atoms with Gasteiger partial charge in [0.2, 0.25) is 0 Å². The van der Waals surface area contributed by atoms with E-state index in [-0.39, 0.29) is 5.91 Å². The van der Waals surface area contributed by atoms with Crippen LogP contribution in [0.4, 0.5) is 0 Å². The van der Waals surface area contributed by atoms with E-state index >= 15 is 0 Å². The van der Waals surface area contributed by atoms with Crippen LogP contribution in [0.5, 0.6) is 0 Å². The maximum Gasteiger partial charge on any atom is 0.253 e. The smallest absolute Gasteiger partial charge is 0.253 e. The predicted molar refractivity (Wildman–Crippen MR) is 65.4 cm³/mol. The standard InChI is InChI=1S/C11H15BrN2O2/c1-3-16-7-6-14(2)11(15)9-4-5-13-10(12)8-9/h4-5,8H,3,6-7H2,1-2H3. The topological polar surface area (TPSA) is 42.4 Å². The van der Waals surface area contributed by atoms with Gasteiger partial charge < -0.3 is 9.64 Å². The number of pyridine rings is 1. The van der Waals surface area contributed by atoms with Crippen LogP contribution in [0.2, 0.25) is 0 Å². The van der Waals surface area contributed by atoms with Crippen LogP contribution in [0.25, 0.3) is 0 Å². The van der Waals surface area contributed by atoms with E-state index in [9.17, 15) is 4.79 Å². The zero-order valence-electron chi connectivity index (χ0n) is 9.44. The third kappa shape index (κ3) is 3.90. The van der Waals surface area contributed by atoms with Crippen molar-refractivity contribution in [2.75, 3.05) is 26.8 Å². The minimum atomic E-state index is -0.0252. The quantitative estimate of drug-likeness (QED) is 0.614. The number of amides is 1. The first-order valence-electron chi connectivity index (χ1n) is 5.10. The highest BCUT2D eigenvalue weighted by atomic mass is 79.9. The van der Waals surface area contributed by atoms with Gasteiger partial charge in [0.05, 0.1) is 6.61 Å². The fraction of sp³-hybridized carbons (Fsp3) is 0.455. The Hall–Kier alpha value is -0.940. The van der Waals surface area contributed by atoms with Crippen LogP contribution in [-0.4, -0.2) is 42.6 Å². The normalized spacial score (nSPS) is 10.2. The van der Waals surface area contributed by atoms with Gasteiger partial charge in [0.15, 0.2) is 0 Å². The summed E-state index contributed by atoms with van der Waals surface area (Å²) in [5.41, 5.74) is 0.626. The fourth-order valence-electron chi connectivity index (χ4n) is 1.20. The number of nitrogens with zero attached hydrogens (tertiary/aromatic N) is 2. The van der Waals surface area contributed by atoms with Crippen LogP contribution in [0, 0.1) is 0 Å². The summed E-state index contributed by atoms with van der Waals surface area (Å²) >= 11 is 3.24.